The number of rotatable bonds is 3. The molecule has 0 spiro atoms. The maximum atomic E-state index is 12.7. The summed E-state index contributed by atoms with van der Waals surface area (Å²) in [6.07, 6.45) is 3.29. The number of amides is 1. The number of halogens is 1. The van der Waals surface area contributed by atoms with Gasteiger partial charge >= 0.3 is 6.09 Å². The van der Waals surface area contributed by atoms with E-state index in [-0.39, 0.29) is 18.5 Å². The number of hydrogen-bond acceptors (Lipinski definition) is 3. The van der Waals surface area contributed by atoms with Gasteiger partial charge in [-0.25, -0.2) is 4.48 Å². The van der Waals surface area contributed by atoms with Crippen LogP contribution in [-0.2, 0) is 0 Å². The molecule has 1 heterocycles. The van der Waals surface area contributed by atoms with E-state index in [4.69, 9.17) is 4.74 Å². The number of ether oxygens (including phenoxy) is 1. The van der Waals surface area contributed by atoms with Crippen molar-refractivity contribution in [2.24, 2.45) is 0 Å². The molecule has 2 rings (SSSR count). The molecule has 0 saturated carbocycles. The zero-order valence-corrected chi connectivity index (χ0v) is 16.6. The van der Waals surface area contributed by atoms with Gasteiger partial charge in [0.2, 0.25) is 0 Å². The highest BCUT2D eigenvalue weighted by Gasteiger charge is 2.36. The van der Waals surface area contributed by atoms with Crippen LogP contribution < -0.4 is 22.0 Å². The van der Waals surface area contributed by atoms with Crippen LogP contribution >= 0.6 is 0 Å². The summed E-state index contributed by atoms with van der Waals surface area (Å²) < 4.78 is 6.27. The molecule has 136 valence electrons. The van der Waals surface area contributed by atoms with E-state index in [1.165, 1.54) is 12.1 Å². The highest BCUT2D eigenvalue weighted by molar-refractivity contribution is 5.67. The van der Waals surface area contributed by atoms with Gasteiger partial charge < -0.3 is 22.0 Å². The fraction of sp³-hybridized carbons (Fsp3) is 0.632. The molecule has 1 amide bonds. The molecule has 0 aliphatic carbocycles. The van der Waals surface area contributed by atoms with E-state index in [0.29, 0.717) is 10.4 Å². The van der Waals surface area contributed by atoms with Crippen LogP contribution in [0.15, 0.2) is 12.1 Å². The minimum absolute atomic E-state index is 0. The monoisotopic (exact) mass is 354 g/mol. The van der Waals surface area contributed by atoms with Gasteiger partial charge in [0, 0.05) is 19.8 Å². The summed E-state index contributed by atoms with van der Waals surface area (Å²) in [6.45, 7) is 8.10. The first kappa shape index (κ1) is 20.8. The summed E-state index contributed by atoms with van der Waals surface area (Å²) in [7, 11) is 6.08. The normalized spacial score (nSPS) is 16.5. The maximum absolute atomic E-state index is 12.7. The Kier molecular flexibility index (Phi) is 7.11. The third kappa shape index (κ3) is 4.42. The largest absolute Gasteiger partial charge is 1.00 e. The minimum atomic E-state index is -0.122. The number of hydrogen-bond donors (Lipinski definition) is 0. The fourth-order valence-corrected chi connectivity index (χ4v) is 3.30. The number of nitrogens with zero attached hydrogens (tertiary/aromatic N) is 2. The van der Waals surface area contributed by atoms with Crippen LogP contribution in [0.5, 0.6) is 5.75 Å². The van der Waals surface area contributed by atoms with Crippen molar-refractivity contribution in [3.05, 3.63) is 23.3 Å². The van der Waals surface area contributed by atoms with Crippen molar-refractivity contribution >= 4 is 11.8 Å². The summed E-state index contributed by atoms with van der Waals surface area (Å²) in [5.41, 5.74) is 3.40. The molecule has 0 unspecified atom stereocenters. The Morgan fingerprint density at radius 2 is 1.75 bits per heavy atom. The van der Waals surface area contributed by atoms with Crippen molar-refractivity contribution < 1.29 is 26.4 Å². The van der Waals surface area contributed by atoms with Gasteiger partial charge in [0.05, 0.1) is 20.1 Å². The van der Waals surface area contributed by atoms with Gasteiger partial charge in [-0.2, -0.15) is 4.79 Å². The predicted molar refractivity (Wildman–Crippen MR) is 95.4 cm³/mol. The standard InChI is InChI=1S/C19H31N2O2.ClH/c1-14(2)16-13-17(20(4)5)15(3)12-18(16)23-19(22)21(6)10-8-7-9-11-21;/h12-14H,7-11H2,1-6H3;1H/q+1;/p-1. The first-order valence-electron chi connectivity index (χ1n) is 8.63. The Balaban J connectivity index is 0.00000288. The quantitative estimate of drug-likeness (QED) is 0.767. The molecule has 1 aromatic carbocycles. The molecule has 24 heavy (non-hydrogen) atoms. The van der Waals surface area contributed by atoms with Gasteiger partial charge in [-0.05, 0) is 55.4 Å². The topological polar surface area (TPSA) is 29.5 Å². The van der Waals surface area contributed by atoms with Gasteiger partial charge in [-0.1, -0.05) is 13.8 Å². The lowest BCUT2D eigenvalue weighted by molar-refractivity contribution is -0.841. The van der Waals surface area contributed by atoms with Crippen LogP contribution in [0.25, 0.3) is 0 Å². The first-order valence-corrected chi connectivity index (χ1v) is 8.63. The van der Waals surface area contributed by atoms with E-state index in [2.05, 4.69) is 31.7 Å². The van der Waals surface area contributed by atoms with Gasteiger partial charge in [-0.3, -0.25) is 0 Å². The van der Waals surface area contributed by atoms with Crippen LogP contribution in [0.3, 0.4) is 0 Å². The van der Waals surface area contributed by atoms with E-state index >= 15 is 0 Å². The molecule has 1 fully saturated rings. The zero-order valence-electron chi connectivity index (χ0n) is 15.9. The van der Waals surface area contributed by atoms with Crippen LogP contribution in [0, 0.1) is 6.92 Å². The summed E-state index contributed by atoms with van der Waals surface area (Å²) in [5, 5.41) is 0. The average Bonchev–Trinajstić information content (AvgIpc) is 2.47. The number of likely N-dealkylation sites (tertiary alicyclic amines) is 1. The van der Waals surface area contributed by atoms with E-state index in [0.717, 1.165) is 42.8 Å². The molecule has 0 bridgehead atoms. The second-order valence-corrected chi connectivity index (χ2v) is 7.50. The number of benzene rings is 1. The molecule has 4 nitrogen and oxygen atoms in total. The van der Waals surface area contributed by atoms with Gasteiger partial charge in [0.25, 0.3) is 0 Å². The second kappa shape index (κ2) is 8.21. The number of quaternary nitrogens is 1. The van der Waals surface area contributed by atoms with Crippen molar-refractivity contribution in [1.82, 2.24) is 0 Å². The second-order valence-electron chi connectivity index (χ2n) is 7.50. The summed E-state index contributed by atoms with van der Waals surface area (Å²) in [4.78, 5) is 14.8. The van der Waals surface area contributed by atoms with Crippen LogP contribution in [-0.4, -0.2) is 44.8 Å². The molecular weight excluding hydrogens is 324 g/mol. The molecule has 0 aromatic heterocycles. The summed E-state index contributed by atoms with van der Waals surface area (Å²) in [5.74, 6) is 1.03. The number of anilines is 1. The molecule has 0 atom stereocenters. The zero-order chi connectivity index (χ0) is 17.2. The number of piperidine rings is 1. The van der Waals surface area contributed by atoms with Crippen molar-refractivity contribution in [2.45, 2.75) is 46.0 Å². The molecule has 1 aliphatic heterocycles. The number of carbonyl (C=O) groups excluding carboxylic acids is 1. The average molecular weight is 355 g/mol. The van der Waals surface area contributed by atoms with E-state index in [9.17, 15) is 4.79 Å². The predicted octanol–water partition coefficient (Wildman–Crippen LogP) is 1.32. The van der Waals surface area contributed by atoms with Gasteiger partial charge in [0.15, 0.2) is 0 Å². The number of aryl methyl sites for hydroxylation is 1. The van der Waals surface area contributed by atoms with Crippen molar-refractivity contribution in [3.63, 3.8) is 0 Å². The van der Waals surface area contributed by atoms with Crippen LogP contribution in [0.4, 0.5) is 10.5 Å². The molecular formula is C19H31ClN2O2. The van der Waals surface area contributed by atoms with Crippen molar-refractivity contribution in [3.8, 4) is 5.75 Å². The summed E-state index contributed by atoms with van der Waals surface area (Å²) >= 11 is 0. The van der Waals surface area contributed by atoms with Crippen LogP contribution in [0.2, 0.25) is 0 Å². The molecule has 1 aromatic rings. The lowest BCUT2D eigenvalue weighted by atomic mass is 9.99. The highest BCUT2D eigenvalue weighted by atomic mass is 35.5. The third-order valence-electron chi connectivity index (χ3n) is 4.87. The number of carbonyl (C=O) groups is 1. The molecule has 1 saturated heterocycles. The Morgan fingerprint density at radius 1 is 1.17 bits per heavy atom. The van der Waals surface area contributed by atoms with Crippen molar-refractivity contribution in [2.75, 3.05) is 39.1 Å². The van der Waals surface area contributed by atoms with Gasteiger partial charge in [-0.15, -0.1) is 0 Å². The lowest BCUT2D eigenvalue weighted by Gasteiger charge is -2.33. The maximum Gasteiger partial charge on any atom is 0.521 e. The fourth-order valence-electron chi connectivity index (χ4n) is 3.30. The van der Waals surface area contributed by atoms with Crippen molar-refractivity contribution in [1.29, 1.82) is 0 Å². The van der Waals surface area contributed by atoms with E-state index in [1.54, 1.807) is 0 Å². The SMILES string of the molecule is Cc1cc(OC(=O)[N+]2(C)CCCCC2)c(C(C)C)cc1N(C)C.[Cl-]. The minimum Gasteiger partial charge on any atom is -1.00 e. The Hall–Kier alpha value is -1.26. The van der Waals surface area contributed by atoms with Crippen LogP contribution in [0.1, 0.15) is 50.2 Å². The third-order valence-corrected chi connectivity index (χ3v) is 4.87. The Labute approximate surface area is 152 Å². The van der Waals surface area contributed by atoms with Gasteiger partial charge in [0.1, 0.15) is 5.75 Å². The lowest BCUT2D eigenvalue weighted by Crippen LogP contribution is -3.00. The molecule has 1 aliphatic rings. The first-order chi connectivity index (χ1) is 10.7. The highest BCUT2D eigenvalue weighted by Crippen LogP contribution is 2.34. The smallest absolute Gasteiger partial charge is 0.521 e. The molecule has 5 heteroatoms. The van der Waals surface area contributed by atoms with E-state index < -0.39 is 0 Å². The molecule has 0 radical (unpaired) electrons. The Morgan fingerprint density at radius 3 is 2.25 bits per heavy atom. The van der Waals surface area contributed by atoms with E-state index in [1.807, 2.05) is 27.2 Å². The summed E-state index contributed by atoms with van der Waals surface area (Å²) in [6, 6.07) is 4.16. The molecule has 0 N–H and O–H groups in total. The Bertz CT molecular complexity index is 579.